The van der Waals surface area contributed by atoms with E-state index in [4.69, 9.17) is 4.74 Å². The van der Waals surface area contributed by atoms with Crippen LogP contribution in [0.25, 0.3) is 21.5 Å². The van der Waals surface area contributed by atoms with Crippen LogP contribution in [0.15, 0.2) is 78.9 Å². The van der Waals surface area contributed by atoms with E-state index in [0.717, 1.165) is 21.5 Å². The molecule has 6 heteroatoms. The summed E-state index contributed by atoms with van der Waals surface area (Å²) in [5, 5.41) is 17.5. The van der Waals surface area contributed by atoms with E-state index >= 15 is 0 Å². The van der Waals surface area contributed by atoms with Crippen LogP contribution in [0.3, 0.4) is 0 Å². The Bertz CT molecular complexity index is 1170. The molecule has 0 atom stereocenters. The lowest BCUT2D eigenvalue weighted by molar-refractivity contribution is -0.384. The summed E-state index contributed by atoms with van der Waals surface area (Å²) in [6.45, 7) is 0. The van der Waals surface area contributed by atoms with Gasteiger partial charge in [0.25, 0.3) is 5.69 Å². The zero-order valence-electron chi connectivity index (χ0n) is 14.1. The monoisotopic (exact) mass is 358 g/mol. The van der Waals surface area contributed by atoms with Crippen molar-refractivity contribution in [1.29, 1.82) is 0 Å². The van der Waals surface area contributed by atoms with E-state index in [9.17, 15) is 14.9 Å². The fraction of sp³-hybridized carbons (Fsp3) is 0. The van der Waals surface area contributed by atoms with Crippen molar-refractivity contribution in [2.45, 2.75) is 0 Å². The number of ether oxygens (including phenoxy) is 1. The third-order valence-electron chi connectivity index (χ3n) is 4.24. The minimum atomic E-state index is -0.662. The number of nitrogens with zero attached hydrogens (tertiary/aromatic N) is 1. The molecule has 0 spiro atoms. The van der Waals surface area contributed by atoms with Crippen molar-refractivity contribution in [1.82, 2.24) is 0 Å². The molecule has 1 N–H and O–H groups in total. The summed E-state index contributed by atoms with van der Waals surface area (Å²) in [4.78, 5) is 22.4. The summed E-state index contributed by atoms with van der Waals surface area (Å²) in [6.07, 6.45) is -0.662. The third-order valence-corrected chi connectivity index (χ3v) is 4.24. The highest BCUT2D eigenvalue weighted by Gasteiger charge is 2.10. The Hall–Kier alpha value is -3.93. The largest absolute Gasteiger partial charge is 0.417 e. The molecule has 1 amide bonds. The van der Waals surface area contributed by atoms with Gasteiger partial charge >= 0.3 is 6.09 Å². The van der Waals surface area contributed by atoms with E-state index < -0.39 is 11.0 Å². The van der Waals surface area contributed by atoms with Crippen LogP contribution in [0, 0.1) is 10.1 Å². The van der Waals surface area contributed by atoms with Crippen LogP contribution in [-0.2, 0) is 0 Å². The highest BCUT2D eigenvalue weighted by Crippen LogP contribution is 2.28. The number of nitro groups is 1. The molecular weight excluding hydrogens is 344 g/mol. The number of benzene rings is 4. The molecule has 0 fully saturated rings. The molecule has 0 aliphatic rings. The Morgan fingerprint density at radius 3 is 2.22 bits per heavy atom. The molecule has 0 saturated carbocycles. The van der Waals surface area contributed by atoms with E-state index in [2.05, 4.69) is 11.4 Å². The normalized spacial score (nSPS) is 10.7. The van der Waals surface area contributed by atoms with Gasteiger partial charge in [0.2, 0.25) is 0 Å². The molecule has 0 aliphatic heterocycles. The molecule has 0 aliphatic carbocycles. The van der Waals surface area contributed by atoms with Crippen molar-refractivity contribution in [2.75, 3.05) is 5.32 Å². The first-order valence-corrected chi connectivity index (χ1v) is 8.25. The first-order valence-electron chi connectivity index (χ1n) is 8.25. The quantitative estimate of drug-likeness (QED) is 0.297. The van der Waals surface area contributed by atoms with E-state index in [1.54, 1.807) is 6.07 Å². The topological polar surface area (TPSA) is 81.5 Å². The molecule has 27 heavy (non-hydrogen) atoms. The van der Waals surface area contributed by atoms with Gasteiger partial charge < -0.3 is 4.74 Å². The summed E-state index contributed by atoms with van der Waals surface area (Å²) < 4.78 is 5.22. The number of hydrogen-bond donors (Lipinski definition) is 1. The van der Waals surface area contributed by atoms with E-state index in [1.165, 1.54) is 24.3 Å². The first-order chi connectivity index (χ1) is 13.1. The van der Waals surface area contributed by atoms with Gasteiger partial charge in [-0.25, -0.2) is 4.79 Å². The summed E-state index contributed by atoms with van der Waals surface area (Å²) in [7, 11) is 0. The number of anilines is 1. The summed E-state index contributed by atoms with van der Waals surface area (Å²) >= 11 is 0. The van der Waals surface area contributed by atoms with Gasteiger partial charge in [-0.15, -0.1) is 0 Å². The maximum atomic E-state index is 12.2. The van der Waals surface area contributed by atoms with Crippen molar-refractivity contribution >= 4 is 39.0 Å². The van der Waals surface area contributed by atoms with Gasteiger partial charge in [0.1, 0.15) is 5.75 Å². The van der Waals surface area contributed by atoms with Crippen molar-refractivity contribution in [3.8, 4) is 5.75 Å². The number of non-ortho nitro benzene ring substituents is 1. The zero-order chi connectivity index (χ0) is 18.8. The van der Waals surface area contributed by atoms with Gasteiger partial charge in [0.15, 0.2) is 0 Å². The Morgan fingerprint density at radius 1 is 0.852 bits per heavy atom. The van der Waals surface area contributed by atoms with E-state index in [-0.39, 0.29) is 11.4 Å². The van der Waals surface area contributed by atoms with Crippen LogP contribution in [0.1, 0.15) is 0 Å². The molecule has 0 heterocycles. The maximum Gasteiger partial charge on any atom is 0.417 e. The molecule has 6 nitrogen and oxygen atoms in total. The Balaban J connectivity index is 1.59. The average molecular weight is 358 g/mol. The number of carbonyl (C=O) groups is 1. The van der Waals surface area contributed by atoms with Gasteiger partial charge in [0.05, 0.1) is 10.6 Å². The van der Waals surface area contributed by atoms with Crippen LogP contribution in [0.4, 0.5) is 16.2 Å². The highest BCUT2D eigenvalue weighted by atomic mass is 16.6. The Kier molecular flexibility index (Phi) is 4.14. The molecule has 132 valence electrons. The van der Waals surface area contributed by atoms with Gasteiger partial charge in [0, 0.05) is 17.5 Å². The molecule has 0 unspecified atom stereocenters. The van der Waals surface area contributed by atoms with Gasteiger partial charge in [-0.3, -0.25) is 15.4 Å². The number of rotatable bonds is 3. The molecule has 0 radical (unpaired) electrons. The fourth-order valence-electron chi connectivity index (χ4n) is 2.95. The summed E-state index contributed by atoms with van der Waals surface area (Å²) in [6, 6.07) is 23.1. The van der Waals surface area contributed by atoms with Crippen LogP contribution in [-0.4, -0.2) is 11.0 Å². The van der Waals surface area contributed by atoms with Crippen LogP contribution in [0.5, 0.6) is 5.75 Å². The van der Waals surface area contributed by atoms with Crippen LogP contribution < -0.4 is 10.1 Å². The van der Waals surface area contributed by atoms with Gasteiger partial charge in [-0.2, -0.15) is 0 Å². The van der Waals surface area contributed by atoms with Crippen molar-refractivity contribution in [3.63, 3.8) is 0 Å². The molecule has 4 rings (SSSR count). The van der Waals surface area contributed by atoms with Crippen LogP contribution >= 0.6 is 0 Å². The number of hydrogen-bond acceptors (Lipinski definition) is 4. The second-order valence-electron chi connectivity index (χ2n) is 5.99. The van der Waals surface area contributed by atoms with Gasteiger partial charge in [-0.1, -0.05) is 36.4 Å². The minimum absolute atomic E-state index is 0.0660. The second-order valence-corrected chi connectivity index (χ2v) is 5.99. The second kappa shape index (κ2) is 6.76. The molecule has 0 saturated heterocycles. The maximum absolute atomic E-state index is 12.2. The predicted molar refractivity (Wildman–Crippen MR) is 104 cm³/mol. The lowest BCUT2D eigenvalue weighted by atomic mass is 10.0. The number of carbonyl (C=O) groups excluding carboxylic acids is 1. The predicted octanol–water partition coefficient (Wildman–Crippen LogP) is 5.51. The molecule has 0 aromatic heterocycles. The van der Waals surface area contributed by atoms with Gasteiger partial charge in [-0.05, 0) is 46.5 Å². The average Bonchev–Trinajstić information content (AvgIpc) is 2.67. The minimum Gasteiger partial charge on any atom is -0.410 e. The zero-order valence-corrected chi connectivity index (χ0v) is 14.1. The lowest BCUT2D eigenvalue weighted by Gasteiger charge is -2.10. The lowest BCUT2D eigenvalue weighted by Crippen LogP contribution is -2.16. The van der Waals surface area contributed by atoms with Crippen molar-refractivity contribution < 1.29 is 14.5 Å². The number of nitrogens with one attached hydrogen (secondary N) is 1. The number of fused-ring (bicyclic) bond motifs is 2. The number of nitro benzene ring substituents is 1. The first kappa shape index (κ1) is 16.5. The van der Waals surface area contributed by atoms with Crippen molar-refractivity contribution in [3.05, 3.63) is 89.0 Å². The Morgan fingerprint density at radius 2 is 1.52 bits per heavy atom. The molecule has 4 aromatic rings. The SMILES string of the molecule is O=C(Nc1cccc2cc3ccccc3cc12)Oc1ccc([N+](=O)[O-])cc1. The standard InChI is InChI=1S/C21H14N2O4/c24-21(27-18-10-8-17(9-11-18)23(25)26)22-20-7-3-6-16-12-14-4-1-2-5-15(14)13-19(16)20/h1-13H,(H,22,24). The highest BCUT2D eigenvalue weighted by molar-refractivity contribution is 6.06. The molecule has 0 bridgehead atoms. The summed E-state index contributed by atoms with van der Waals surface area (Å²) in [5.41, 5.74) is 0.564. The summed E-state index contributed by atoms with van der Waals surface area (Å²) in [5.74, 6) is 0.226. The van der Waals surface area contributed by atoms with E-state index in [0.29, 0.717) is 5.69 Å². The van der Waals surface area contributed by atoms with Crippen LogP contribution in [0.2, 0.25) is 0 Å². The smallest absolute Gasteiger partial charge is 0.410 e. The molecular formula is C21H14N2O4. The number of amides is 1. The van der Waals surface area contributed by atoms with E-state index in [1.807, 2.05) is 42.5 Å². The fourth-order valence-corrected chi connectivity index (χ4v) is 2.95. The molecule has 4 aromatic carbocycles. The van der Waals surface area contributed by atoms with Crippen molar-refractivity contribution in [2.24, 2.45) is 0 Å². The Labute approximate surface area is 154 Å². The third kappa shape index (κ3) is 3.41.